The summed E-state index contributed by atoms with van der Waals surface area (Å²) < 4.78 is 23.8. The number of nitrogens with one attached hydrogen (secondary N) is 1. The SMILES string of the molecule is CC(Nc1ccc(S(C)(=O)=O)cc1)c1cc(Br)cs1. The topological polar surface area (TPSA) is 46.2 Å². The average molecular weight is 360 g/mol. The van der Waals surface area contributed by atoms with Gasteiger partial charge in [0, 0.05) is 26.7 Å². The number of hydrogen-bond acceptors (Lipinski definition) is 4. The average Bonchev–Trinajstić information content (AvgIpc) is 2.75. The lowest BCUT2D eigenvalue weighted by Crippen LogP contribution is -2.05. The fraction of sp³-hybridized carbons (Fsp3) is 0.231. The predicted octanol–water partition coefficient (Wildman–Crippen LogP) is 4.09. The van der Waals surface area contributed by atoms with E-state index in [4.69, 9.17) is 0 Å². The molecule has 1 atom stereocenters. The second kappa shape index (κ2) is 5.64. The summed E-state index contributed by atoms with van der Waals surface area (Å²) in [7, 11) is -3.13. The van der Waals surface area contributed by atoms with Gasteiger partial charge in [-0.15, -0.1) is 11.3 Å². The number of anilines is 1. The minimum atomic E-state index is -3.13. The lowest BCUT2D eigenvalue weighted by molar-refractivity contribution is 0.602. The summed E-state index contributed by atoms with van der Waals surface area (Å²) in [4.78, 5) is 1.56. The molecule has 0 aliphatic heterocycles. The Morgan fingerprint density at radius 2 is 1.89 bits per heavy atom. The van der Waals surface area contributed by atoms with E-state index in [0.717, 1.165) is 10.2 Å². The van der Waals surface area contributed by atoms with Crippen molar-refractivity contribution in [2.45, 2.75) is 17.9 Å². The van der Waals surface area contributed by atoms with Crippen LogP contribution in [-0.2, 0) is 9.84 Å². The molecule has 0 bridgehead atoms. The molecule has 102 valence electrons. The fourth-order valence-corrected chi connectivity index (χ4v) is 3.76. The van der Waals surface area contributed by atoms with Crippen LogP contribution in [0.25, 0.3) is 0 Å². The summed E-state index contributed by atoms with van der Waals surface area (Å²) in [6.45, 7) is 2.07. The number of thiophene rings is 1. The van der Waals surface area contributed by atoms with Gasteiger partial charge in [-0.1, -0.05) is 0 Å². The van der Waals surface area contributed by atoms with E-state index in [9.17, 15) is 8.42 Å². The van der Waals surface area contributed by atoms with Crippen LogP contribution in [0.4, 0.5) is 5.69 Å². The van der Waals surface area contributed by atoms with Crippen LogP contribution in [-0.4, -0.2) is 14.7 Å². The molecule has 2 aromatic rings. The third kappa shape index (κ3) is 3.81. The van der Waals surface area contributed by atoms with Crippen LogP contribution in [0.15, 0.2) is 45.1 Å². The Morgan fingerprint density at radius 3 is 2.37 bits per heavy atom. The monoisotopic (exact) mass is 359 g/mol. The molecule has 0 aliphatic rings. The van der Waals surface area contributed by atoms with Crippen LogP contribution in [0.1, 0.15) is 17.8 Å². The first kappa shape index (κ1) is 14.6. The number of hydrogen-bond donors (Lipinski definition) is 1. The molecule has 2 rings (SSSR count). The molecule has 1 N–H and O–H groups in total. The second-order valence-corrected chi connectivity index (χ2v) is 8.20. The van der Waals surface area contributed by atoms with Gasteiger partial charge in [-0.2, -0.15) is 0 Å². The van der Waals surface area contributed by atoms with E-state index in [0.29, 0.717) is 4.90 Å². The van der Waals surface area contributed by atoms with Gasteiger partial charge in [0.25, 0.3) is 0 Å². The van der Waals surface area contributed by atoms with Gasteiger partial charge in [-0.25, -0.2) is 8.42 Å². The van der Waals surface area contributed by atoms with E-state index < -0.39 is 9.84 Å². The standard InChI is InChI=1S/C13H14BrNO2S2/c1-9(13-7-10(14)8-18-13)15-11-3-5-12(6-4-11)19(2,16)17/h3-9,15H,1-2H3. The van der Waals surface area contributed by atoms with Crippen molar-refractivity contribution in [1.29, 1.82) is 0 Å². The van der Waals surface area contributed by atoms with Crippen LogP contribution in [0, 0.1) is 0 Å². The zero-order valence-corrected chi connectivity index (χ0v) is 13.8. The highest BCUT2D eigenvalue weighted by molar-refractivity contribution is 9.10. The molecular formula is C13H14BrNO2S2. The Bertz CT molecular complexity index is 662. The molecule has 1 unspecified atom stereocenters. The first-order valence-electron chi connectivity index (χ1n) is 5.67. The van der Waals surface area contributed by atoms with E-state index in [1.54, 1.807) is 35.6 Å². The summed E-state index contributed by atoms with van der Waals surface area (Å²) in [6, 6.07) is 9.07. The number of sulfone groups is 1. The lowest BCUT2D eigenvalue weighted by atomic mass is 10.2. The van der Waals surface area contributed by atoms with Gasteiger partial charge in [0.1, 0.15) is 0 Å². The summed E-state index contributed by atoms with van der Waals surface area (Å²) >= 11 is 5.11. The smallest absolute Gasteiger partial charge is 0.175 e. The highest BCUT2D eigenvalue weighted by Gasteiger charge is 2.09. The molecule has 0 saturated carbocycles. The lowest BCUT2D eigenvalue weighted by Gasteiger charge is -2.13. The van der Waals surface area contributed by atoms with Crippen molar-refractivity contribution >= 4 is 42.8 Å². The van der Waals surface area contributed by atoms with Gasteiger partial charge in [-0.3, -0.25) is 0 Å². The highest BCUT2D eigenvalue weighted by atomic mass is 79.9. The molecule has 0 aliphatic carbocycles. The molecular weight excluding hydrogens is 346 g/mol. The first-order chi connectivity index (χ1) is 8.86. The summed E-state index contributed by atoms with van der Waals surface area (Å²) in [6.07, 6.45) is 1.21. The third-order valence-electron chi connectivity index (χ3n) is 2.68. The number of rotatable bonds is 4. The van der Waals surface area contributed by atoms with Crippen molar-refractivity contribution < 1.29 is 8.42 Å². The molecule has 0 spiro atoms. The van der Waals surface area contributed by atoms with Gasteiger partial charge in [0.15, 0.2) is 9.84 Å². The largest absolute Gasteiger partial charge is 0.378 e. The van der Waals surface area contributed by atoms with Crippen LogP contribution in [0.5, 0.6) is 0 Å². The van der Waals surface area contributed by atoms with Gasteiger partial charge in [0.2, 0.25) is 0 Å². The minimum Gasteiger partial charge on any atom is -0.378 e. The van der Waals surface area contributed by atoms with Crippen molar-refractivity contribution in [3.05, 3.63) is 45.1 Å². The minimum absolute atomic E-state index is 0.181. The molecule has 19 heavy (non-hydrogen) atoms. The van der Waals surface area contributed by atoms with E-state index in [1.165, 1.54) is 11.1 Å². The van der Waals surface area contributed by atoms with E-state index in [2.05, 4.69) is 34.2 Å². The second-order valence-electron chi connectivity index (χ2n) is 4.33. The zero-order chi connectivity index (χ0) is 14.0. The van der Waals surface area contributed by atoms with Crippen LogP contribution in [0.3, 0.4) is 0 Å². The molecule has 3 nitrogen and oxygen atoms in total. The fourth-order valence-electron chi connectivity index (χ4n) is 1.67. The highest BCUT2D eigenvalue weighted by Crippen LogP contribution is 2.28. The molecule has 1 aromatic heterocycles. The van der Waals surface area contributed by atoms with E-state index in [1.807, 2.05) is 5.38 Å². The number of benzene rings is 1. The maximum Gasteiger partial charge on any atom is 0.175 e. The van der Waals surface area contributed by atoms with Gasteiger partial charge in [-0.05, 0) is 53.2 Å². The molecule has 0 radical (unpaired) electrons. The normalized spacial score (nSPS) is 13.2. The maximum absolute atomic E-state index is 11.4. The summed E-state index contributed by atoms with van der Waals surface area (Å²) in [5, 5.41) is 5.39. The molecule has 6 heteroatoms. The first-order valence-corrected chi connectivity index (χ1v) is 9.23. The van der Waals surface area contributed by atoms with Gasteiger partial charge in [0.05, 0.1) is 10.9 Å². The summed E-state index contributed by atoms with van der Waals surface area (Å²) in [5.74, 6) is 0. The Morgan fingerprint density at radius 1 is 1.26 bits per heavy atom. The van der Waals surface area contributed by atoms with Crippen LogP contribution < -0.4 is 5.32 Å². The summed E-state index contributed by atoms with van der Waals surface area (Å²) in [5.41, 5.74) is 0.907. The quantitative estimate of drug-likeness (QED) is 0.893. The van der Waals surface area contributed by atoms with Crippen molar-refractivity contribution in [3.8, 4) is 0 Å². The Kier molecular flexibility index (Phi) is 4.32. The predicted molar refractivity (Wildman–Crippen MR) is 83.6 cm³/mol. The van der Waals surface area contributed by atoms with Crippen LogP contribution in [0.2, 0.25) is 0 Å². The maximum atomic E-state index is 11.4. The Hall–Kier alpha value is -0.850. The number of halogens is 1. The van der Waals surface area contributed by atoms with E-state index >= 15 is 0 Å². The van der Waals surface area contributed by atoms with Crippen molar-refractivity contribution in [1.82, 2.24) is 0 Å². The van der Waals surface area contributed by atoms with Crippen molar-refractivity contribution in [2.24, 2.45) is 0 Å². The zero-order valence-electron chi connectivity index (χ0n) is 10.6. The molecule has 1 heterocycles. The molecule has 0 fully saturated rings. The molecule has 1 aromatic carbocycles. The van der Waals surface area contributed by atoms with Crippen molar-refractivity contribution in [2.75, 3.05) is 11.6 Å². The molecule has 0 saturated heterocycles. The van der Waals surface area contributed by atoms with E-state index in [-0.39, 0.29) is 6.04 Å². The Labute approximate surface area is 125 Å². The van der Waals surface area contributed by atoms with Crippen molar-refractivity contribution in [3.63, 3.8) is 0 Å². The Balaban J connectivity index is 2.12. The third-order valence-corrected chi connectivity index (χ3v) is 5.68. The van der Waals surface area contributed by atoms with Crippen LogP contribution >= 0.6 is 27.3 Å². The van der Waals surface area contributed by atoms with Gasteiger partial charge >= 0.3 is 0 Å². The van der Waals surface area contributed by atoms with Gasteiger partial charge < -0.3 is 5.32 Å². The molecule has 0 amide bonds.